The number of carbonyl (C=O) groups is 1. The van der Waals surface area contributed by atoms with Gasteiger partial charge in [-0.15, -0.1) is 12.4 Å². The molecule has 5 heteroatoms. The van der Waals surface area contributed by atoms with Crippen LogP contribution in [0.3, 0.4) is 0 Å². The zero-order valence-electron chi connectivity index (χ0n) is 15.5. The molecule has 0 aromatic heterocycles. The van der Waals surface area contributed by atoms with Crippen molar-refractivity contribution in [2.75, 3.05) is 26.7 Å². The Hall–Kier alpha value is -1.88. The predicted molar refractivity (Wildman–Crippen MR) is 108 cm³/mol. The van der Waals surface area contributed by atoms with Gasteiger partial charge in [0.1, 0.15) is 0 Å². The first-order valence-corrected chi connectivity index (χ1v) is 8.86. The number of hydrogen-bond donors (Lipinski definition) is 1. The van der Waals surface area contributed by atoms with Crippen LogP contribution in [0.15, 0.2) is 54.6 Å². The Bertz CT molecular complexity index is 722. The van der Waals surface area contributed by atoms with E-state index in [1.807, 2.05) is 42.3 Å². The first kappa shape index (κ1) is 20.4. The molecule has 0 saturated carbocycles. The van der Waals surface area contributed by atoms with Gasteiger partial charge in [0.05, 0.1) is 6.54 Å². The van der Waals surface area contributed by atoms with Gasteiger partial charge in [-0.1, -0.05) is 54.6 Å². The van der Waals surface area contributed by atoms with Crippen molar-refractivity contribution >= 4 is 18.3 Å². The van der Waals surface area contributed by atoms with Crippen molar-refractivity contribution in [1.82, 2.24) is 9.80 Å². The number of benzene rings is 2. The van der Waals surface area contributed by atoms with E-state index < -0.39 is 0 Å². The van der Waals surface area contributed by atoms with Gasteiger partial charge in [-0.2, -0.15) is 0 Å². The van der Waals surface area contributed by atoms with Gasteiger partial charge in [-0.05, 0) is 23.6 Å². The topological polar surface area (TPSA) is 49.6 Å². The largest absolute Gasteiger partial charge is 0.340 e. The second kappa shape index (κ2) is 9.17. The highest BCUT2D eigenvalue weighted by Crippen LogP contribution is 2.26. The third-order valence-corrected chi connectivity index (χ3v) is 5.12. The van der Waals surface area contributed by atoms with E-state index in [9.17, 15) is 4.79 Å². The molecule has 2 atom stereocenters. The van der Waals surface area contributed by atoms with E-state index in [1.165, 1.54) is 16.7 Å². The van der Waals surface area contributed by atoms with Crippen LogP contribution in [-0.4, -0.2) is 48.4 Å². The molecule has 3 rings (SSSR count). The molecule has 2 N–H and O–H groups in total. The molecule has 0 unspecified atom stereocenters. The monoisotopic (exact) mass is 373 g/mol. The number of carbonyl (C=O) groups excluding carboxylic acids is 1. The van der Waals surface area contributed by atoms with Gasteiger partial charge in [0, 0.05) is 38.6 Å². The average molecular weight is 374 g/mol. The summed E-state index contributed by atoms with van der Waals surface area (Å²) in [6, 6.07) is 18.6. The average Bonchev–Trinajstić information content (AvgIpc) is 2.98. The van der Waals surface area contributed by atoms with Crippen LogP contribution in [0.4, 0.5) is 0 Å². The lowest BCUT2D eigenvalue weighted by atomic mass is 9.95. The van der Waals surface area contributed by atoms with Gasteiger partial charge >= 0.3 is 0 Å². The molecule has 26 heavy (non-hydrogen) atoms. The summed E-state index contributed by atoms with van der Waals surface area (Å²) in [6.45, 7) is 4.77. The van der Waals surface area contributed by atoms with Crippen LogP contribution in [0.25, 0.3) is 0 Å². The Kier molecular flexibility index (Phi) is 7.21. The molecule has 1 fully saturated rings. The maximum atomic E-state index is 12.6. The molecule has 140 valence electrons. The molecule has 1 aliphatic rings. The molecule has 4 nitrogen and oxygen atoms in total. The minimum Gasteiger partial charge on any atom is -0.340 e. The van der Waals surface area contributed by atoms with Gasteiger partial charge in [-0.25, -0.2) is 0 Å². The highest BCUT2D eigenvalue weighted by Gasteiger charge is 2.32. The number of amides is 1. The fourth-order valence-electron chi connectivity index (χ4n) is 3.54. The molecule has 2 aromatic carbocycles. The van der Waals surface area contributed by atoms with Crippen molar-refractivity contribution in [3.63, 3.8) is 0 Å². The zero-order chi connectivity index (χ0) is 17.8. The number of halogens is 1. The fourth-order valence-corrected chi connectivity index (χ4v) is 3.54. The second-order valence-electron chi connectivity index (χ2n) is 7.05. The molecule has 2 aromatic rings. The van der Waals surface area contributed by atoms with Gasteiger partial charge in [-0.3, -0.25) is 9.69 Å². The maximum Gasteiger partial charge on any atom is 0.236 e. The van der Waals surface area contributed by atoms with E-state index >= 15 is 0 Å². The van der Waals surface area contributed by atoms with Crippen molar-refractivity contribution in [3.05, 3.63) is 71.3 Å². The third kappa shape index (κ3) is 4.85. The number of hydrogen-bond acceptors (Lipinski definition) is 3. The van der Waals surface area contributed by atoms with Crippen LogP contribution in [0.2, 0.25) is 0 Å². The van der Waals surface area contributed by atoms with Gasteiger partial charge in [0.2, 0.25) is 5.91 Å². The molecule has 0 spiro atoms. The molecule has 0 aliphatic carbocycles. The summed E-state index contributed by atoms with van der Waals surface area (Å²) in [5, 5.41) is 0. The minimum absolute atomic E-state index is 0. The number of likely N-dealkylation sites (N-methyl/N-ethyl adjacent to an activating group) is 1. The van der Waals surface area contributed by atoms with Crippen LogP contribution >= 0.6 is 12.4 Å². The number of rotatable bonds is 5. The Balaban J connectivity index is 0.00000243. The normalized spacial score (nSPS) is 19.8. The standard InChI is InChI=1S/C21H27N3O.ClH/c1-16-8-6-7-11-18(16)12-23(2)21(25)15-24-13-19(20(22)14-24)17-9-4-3-5-10-17;/h3-11,19-20H,12-15,22H2,1-2H3;1H/t19-,20+;/m0./s1. The van der Waals surface area contributed by atoms with E-state index in [4.69, 9.17) is 5.73 Å². The summed E-state index contributed by atoms with van der Waals surface area (Å²) in [7, 11) is 1.87. The smallest absolute Gasteiger partial charge is 0.236 e. The molecular weight excluding hydrogens is 346 g/mol. The Morgan fingerprint density at radius 1 is 1.12 bits per heavy atom. The lowest BCUT2D eigenvalue weighted by molar-refractivity contribution is -0.131. The summed E-state index contributed by atoms with van der Waals surface area (Å²) < 4.78 is 0. The van der Waals surface area contributed by atoms with Gasteiger partial charge in [0.25, 0.3) is 0 Å². The molecule has 0 radical (unpaired) electrons. The van der Waals surface area contributed by atoms with E-state index in [0.29, 0.717) is 19.0 Å². The first-order valence-electron chi connectivity index (χ1n) is 8.86. The second-order valence-corrected chi connectivity index (χ2v) is 7.05. The van der Waals surface area contributed by atoms with Crippen LogP contribution in [0, 0.1) is 6.92 Å². The van der Waals surface area contributed by atoms with Gasteiger partial charge < -0.3 is 10.6 Å². The molecule has 1 saturated heterocycles. The molecule has 1 aliphatic heterocycles. The summed E-state index contributed by atoms with van der Waals surface area (Å²) in [5.41, 5.74) is 10.0. The Labute approximate surface area is 162 Å². The van der Waals surface area contributed by atoms with E-state index in [0.717, 1.165) is 13.1 Å². The summed E-state index contributed by atoms with van der Waals surface area (Å²) in [5.74, 6) is 0.444. The molecule has 1 heterocycles. The van der Waals surface area contributed by atoms with Crippen LogP contribution in [0.1, 0.15) is 22.6 Å². The lowest BCUT2D eigenvalue weighted by Gasteiger charge is -2.22. The third-order valence-electron chi connectivity index (χ3n) is 5.12. The predicted octanol–water partition coefficient (Wildman–Crippen LogP) is 2.80. The summed E-state index contributed by atoms with van der Waals surface area (Å²) in [6.07, 6.45) is 0. The Morgan fingerprint density at radius 2 is 1.77 bits per heavy atom. The zero-order valence-corrected chi connectivity index (χ0v) is 16.3. The summed E-state index contributed by atoms with van der Waals surface area (Å²) in [4.78, 5) is 16.6. The summed E-state index contributed by atoms with van der Waals surface area (Å²) >= 11 is 0. The van der Waals surface area contributed by atoms with Gasteiger partial charge in [0.15, 0.2) is 0 Å². The highest BCUT2D eigenvalue weighted by molar-refractivity contribution is 5.85. The van der Waals surface area contributed by atoms with E-state index in [1.54, 1.807) is 0 Å². The highest BCUT2D eigenvalue weighted by atomic mass is 35.5. The van der Waals surface area contributed by atoms with Crippen molar-refractivity contribution < 1.29 is 4.79 Å². The molecule has 0 bridgehead atoms. The number of likely N-dealkylation sites (tertiary alicyclic amines) is 1. The first-order chi connectivity index (χ1) is 12.0. The fraction of sp³-hybridized carbons (Fsp3) is 0.381. The van der Waals surface area contributed by atoms with Crippen LogP contribution < -0.4 is 5.73 Å². The number of nitrogens with zero attached hydrogens (tertiary/aromatic N) is 2. The lowest BCUT2D eigenvalue weighted by Crippen LogP contribution is -2.38. The van der Waals surface area contributed by atoms with Crippen LogP contribution in [0.5, 0.6) is 0 Å². The number of aryl methyl sites for hydroxylation is 1. The van der Waals surface area contributed by atoms with E-state index in [-0.39, 0.29) is 24.4 Å². The molecular formula is C21H28ClN3O. The molecule has 1 amide bonds. The SMILES string of the molecule is Cc1ccccc1CN(C)C(=O)CN1C[C@@H](N)[C@H](c2ccccc2)C1.Cl. The van der Waals surface area contributed by atoms with Crippen molar-refractivity contribution in [2.45, 2.75) is 25.4 Å². The number of nitrogens with two attached hydrogens (primary N) is 1. The van der Waals surface area contributed by atoms with Crippen molar-refractivity contribution in [1.29, 1.82) is 0 Å². The quantitative estimate of drug-likeness (QED) is 0.876. The van der Waals surface area contributed by atoms with Crippen molar-refractivity contribution in [2.24, 2.45) is 5.73 Å². The van der Waals surface area contributed by atoms with Crippen molar-refractivity contribution in [3.8, 4) is 0 Å². The van der Waals surface area contributed by atoms with E-state index in [2.05, 4.69) is 36.1 Å². The Morgan fingerprint density at radius 3 is 2.46 bits per heavy atom. The minimum atomic E-state index is 0. The maximum absolute atomic E-state index is 12.6. The van der Waals surface area contributed by atoms with Crippen LogP contribution in [-0.2, 0) is 11.3 Å².